The maximum atomic E-state index is 12.7. The zero-order valence-electron chi connectivity index (χ0n) is 10.3. The smallest absolute Gasteiger partial charge is 0.251 e. The van der Waals surface area contributed by atoms with Gasteiger partial charge in [0, 0.05) is 17.6 Å². The Labute approximate surface area is 113 Å². The van der Waals surface area contributed by atoms with Gasteiger partial charge in [-0.25, -0.2) is 4.39 Å². The van der Waals surface area contributed by atoms with E-state index in [1.807, 2.05) is 0 Å². The van der Waals surface area contributed by atoms with Crippen molar-refractivity contribution in [2.45, 2.75) is 31.8 Å². The minimum atomic E-state index is -0.325. The second-order valence-corrected chi connectivity index (χ2v) is 4.47. The highest BCUT2D eigenvalue weighted by molar-refractivity contribution is 5.94. The van der Waals surface area contributed by atoms with Gasteiger partial charge in [0.25, 0.3) is 5.91 Å². The number of benzene rings is 1. The highest BCUT2D eigenvalue weighted by atomic mass is 35.5. The number of carbonyl (C=O) groups excluding carboxylic acids is 1. The lowest BCUT2D eigenvalue weighted by atomic mass is 9.99. The summed E-state index contributed by atoms with van der Waals surface area (Å²) in [6, 6.07) is 6.06. The van der Waals surface area contributed by atoms with Crippen LogP contribution in [0.15, 0.2) is 24.3 Å². The molecule has 1 fully saturated rings. The van der Waals surface area contributed by atoms with E-state index in [0.29, 0.717) is 5.56 Å². The summed E-state index contributed by atoms with van der Waals surface area (Å²) < 4.78 is 12.7. The molecule has 0 aromatic heterocycles. The number of rotatable bonds is 2. The van der Waals surface area contributed by atoms with Crippen LogP contribution in [0.5, 0.6) is 0 Å². The van der Waals surface area contributed by atoms with Crippen molar-refractivity contribution in [2.75, 3.05) is 6.54 Å². The Morgan fingerprint density at radius 3 is 2.67 bits per heavy atom. The molecule has 5 heteroatoms. The number of hydrogen-bond donors (Lipinski definition) is 2. The Bertz CT molecular complexity index is 396. The number of halogens is 2. The fourth-order valence-electron chi connectivity index (χ4n) is 2.09. The third-order valence-electron chi connectivity index (χ3n) is 3.18. The van der Waals surface area contributed by atoms with E-state index in [1.54, 1.807) is 0 Å². The van der Waals surface area contributed by atoms with Crippen molar-refractivity contribution in [3.63, 3.8) is 0 Å². The molecular weight excluding hydrogens is 255 g/mol. The van der Waals surface area contributed by atoms with Gasteiger partial charge in [0.05, 0.1) is 0 Å². The molecule has 2 atom stereocenters. The lowest BCUT2D eigenvalue weighted by Crippen LogP contribution is -2.51. The zero-order chi connectivity index (χ0) is 12.3. The molecule has 0 radical (unpaired) electrons. The lowest BCUT2D eigenvalue weighted by Gasteiger charge is -2.30. The molecular formula is C13H18ClFN2O. The summed E-state index contributed by atoms with van der Waals surface area (Å²) in [7, 11) is 0. The van der Waals surface area contributed by atoms with Crippen LogP contribution in [0.25, 0.3) is 0 Å². The predicted octanol–water partition coefficient (Wildman–Crippen LogP) is 2.12. The minimum absolute atomic E-state index is 0. The van der Waals surface area contributed by atoms with Crippen LogP contribution in [0.3, 0.4) is 0 Å². The number of hydrogen-bond acceptors (Lipinski definition) is 2. The van der Waals surface area contributed by atoms with Crippen LogP contribution in [-0.2, 0) is 0 Å². The Morgan fingerprint density at radius 2 is 2.06 bits per heavy atom. The minimum Gasteiger partial charge on any atom is -0.348 e. The molecule has 1 aromatic rings. The van der Waals surface area contributed by atoms with Gasteiger partial charge >= 0.3 is 0 Å². The van der Waals surface area contributed by atoms with E-state index < -0.39 is 0 Å². The van der Waals surface area contributed by atoms with Gasteiger partial charge in [-0.15, -0.1) is 12.4 Å². The molecule has 0 aliphatic carbocycles. The standard InChI is InChI=1S/C13H17FN2O.ClH/c1-9-12(3-2-8-15-9)16-13(17)10-4-6-11(14)7-5-10;/h4-7,9,12,15H,2-3,8H2,1H3,(H,16,17);1H. The van der Waals surface area contributed by atoms with Gasteiger partial charge in [-0.05, 0) is 50.6 Å². The van der Waals surface area contributed by atoms with E-state index in [-0.39, 0.29) is 36.2 Å². The van der Waals surface area contributed by atoms with Gasteiger partial charge in [-0.2, -0.15) is 0 Å². The molecule has 1 aromatic carbocycles. The molecule has 100 valence electrons. The fourth-order valence-corrected chi connectivity index (χ4v) is 2.09. The Balaban J connectivity index is 0.00000162. The predicted molar refractivity (Wildman–Crippen MR) is 71.6 cm³/mol. The number of piperidine rings is 1. The maximum absolute atomic E-state index is 12.7. The molecule has 1 aliphatic heterocycles. The fraction of sp³-hybridized carbons (Fsp3) is 0.462. The average Bonchev–Trinajstić information content (AvgIpc) is 2.33. The van der Waals surface area contributed by atoms with Crippen LogP contribution in [0.2, 0.25) is 0 Å². The third-order valence-corrected chi connectivity index (χ3v) is 3.18. The quantitative estimate of drug-likeness (QED) is 0.866. The summed E-state index contributed by atoms with van der Waals surface area (Å²) in [6.07, 6.45) is 2.06. The van der Waals surface area contributed by atoms with Gasteiger partial charge in [0.2, 0.25) is 0 Å². The van der Waals surface area contributed by atoms with Crippen LogP contribution in [0.4, 0.5) is 4.39 Å². The van der Waals surface area contributed by atoms with Gasteiger partial charge in [-0.1, -0.05) is 0 Å². The molecule has 0 bridgehead atoms. The summed E-state index contributed by atoms with van der Waals surface area (Å²) in [5, 5.41) is 6.30. The molecule has 0 saturated carbocycles. The Kier molecular flexibility index (Phi) is 5.56. The number of carbonyl (C=O) groups is 1. The van der Waals surface area contributed by atoms with Crippen molar-refractivity contribution in [3.8, 4) is 0 Å². The van der Waals surface area contributed by atoms with Crippen molar-refractivity contribution in [1.82, 2.24) is 10.6 Å². The van der Waals surface area contributed by atoms with E-state index >= 15 is 0 Å². The first-order valence-corrected chi connectivity index (χ1v) is 5.96. The summed E-state index contributed by atoms with van der Waals surface area (Å²) in [5.74, 6) is -0.459. The van der Waals surface area contributed by atoms with Gasteiger partial charge < -0.3 is 10.6 Å². The van der Waals surface area contributed by atoms with Crippen molar-refractivity contribution in [2.24, 2.45) is 0 Å². The van der Waals surface area contributed by atoms with Crippen LogP contribution >= 0.6 is 12.4 Å². The van der Waals surface area contributed by atoms with Crippen LogP contribution < -0.4 is 10.6 Å². The summed E-state index contributed by atoms with van der Waals surface area (Å²) in [5.41, 5.74) is 0.504. The second-order valence-electron chi connectivity index (χ2n) is 4.47. The Morgan fingerprint density at radius 1 is 1.39 bits per heavy atom. The first-order valence-electron chi connectivity index (χ1n) is 5.96. The normalized spacial score (nSPS) is 23.0. The molecule has 2 rings (SSSR count). The molecule has 1 heterocycles. The zero-order valence-corrected chi connectivity index (χ0v) is 11.1. The van der Waals surface area contributed by atoms with E-state index in [0.717, 1.165) is 19.4 Å². The highest BCUT2D eigenvalue weighted by Crippen LogP contribution is 2.10. The van der Waals surface area contributed by atoms with Crippen molar-refractivity contribution < 1.29 is 9.18 Å². The molecule has 1 amide bonds. The van der Waals surface area contributed by atoms with E-state index in [9.17, 15) is 9.18 Å². The summed E-state index contributed by atoms with van der Waals surface area (Å²) in [6.45, 7) is 3.07. The van der Waals surface area contributed by atoms with Crippen LogP contribution in [0.1, 0.15) is 30.1 Å². The average molecular weight is 273 g/mol. The SMILES string of the molecule is CC1NCCCC1NC(=O)c1ccc(F)cc1.Cl. The molecule has 18 heavy (non-hydrogen) atoms. The molecule has 1 saturated heterocycles. The first-order chi connectivity index (χ1) is 8.16. The first kappa shape index (κ1) is 14.9. The summed E-state index contributed by atoms with van der Waals surface area (Å²) >= 11 is 0. The van der Waals surface area contributed by atoms with Gasteiger partial charge in [0.1, 0.15) is 5.82 Å². The van der Waals surface area contributed by atoms with E-state index in [4.69, 9.17) is 0 Å². The van der Waals surface area contributed by atoms with E-state index in [2.05, 4.69) is 17.6 Å². The largest absolute Gasteiger partial charge is 0.348 e. The molecule has 2 N–H and O–H groups in total. The Hall–Kier alpha value is -1.13. The second kappa shape index (κ2) is 6.71. The van der Waals surface area contributed by atoms with Crippen molar-refractivity contribution >= 4 is 18.3 Å². The molecule has 1 aliphatic rings. The molecule has 0 spiro atoms. The maximum Gasteiger partial charge on any atom is 0.251 e. The van der Waals surface area contributed by atoms with Crippen LogP contribution in [-0.4, -0.2) is 24.5 Å². The third kappa shape index (κ3) is 3.68. The van der Waals surface area contributed by atoms with Gasteiger partial charge in [0.15, 0.2) is 0 Å². The van der Waals surface area contributed by atoms with Crippen LogP contribution in [0, 0.1) is 5.82 Å². The summed E-state index contributed by atoms with van der Waals surface area (Å²) in [4.78, 5) is 11.9. The lowest BCUT2D eigenvalue weighted by molar-refractivity contribution is 0.0920. The topological polar surface area (TPSA) is 41.1 Å². The number of amides is 1. The number of nitrogens with one attached hydrogen (secondary N) is 2. The monoisotopic (exact) mass is 272 g/mol. The molecule has 2 unspecified atom stereocenters. The van der Waals surface area contributed by atoms with Crippen molar-refractivity contribution in [3.05, 3.63) is 35.6 Å². The van der Waals surface area contributed by atoms with Crippen molar-refractivity contribution in [1.29, 1.82) is 0 Å². The molecule has 3 nitrogen and oxygen atoms in total. The highest BCUT2D eigenvalue weighted by Gasteiger charge is 2.22. The van der Waals surface area contributed by atoms with Gasteiger partial charge in [-0.3, -0.25) is 4.79 Å². The van der Waals surface area contributed by atoms with E-state index in [1.165, 1.54) is 24.3 Å².